The van der Waals surface area contributed by atoms with Crippen LogP contribution in [0.5, 0.6) is 0 Å². The van der Waals surface area contributed by atoms with Crippen LogP contribution < -0.4 is 5.43 Å². The highest BCUT2D eigenvalue weighted by molar-refractivity contribution is 6.25. The number of rotatable bonds is 2. The number of nitrogens with zero attached hydrogens (tertiary/aromatic N) is 1. The van der Waals surface area contributed by atoms with Crippen molar-refractivity contribution in [2.45, 2.75) is 0 Å². The SMILES string of the molecule is Cn1cc(-c2cc3ccc4cccc5ccc(c2)c3c45)c(=O)c(-c2cc3ccc4cccc5ccc(c2)c3c45)c1. The number of benzene rings is 8. The summed E-state index contributed by atoms with van der Waals surface area (Å²) in [5.74, 6) is 0. The molecule has 9 rings (SSSR count). The van der Waals surface area contributed by atoms with Gasteiger partial charge in [0.1, 0.15) is 0 Å². The molecule has 0 unspecified atom stereocenters. The fourth-order valence-electron chi connectivity index (χ4n) is 6.94. The van der Waals surface area contributed by atoms with Gasteiger partial charge in [-0.15, -0.1) is 0 Å². The Morgan fingerprint density at radius 3 is 1.07 bits per heavy atom. The molecule has 1 aromatic heterocycles. The molecule has 0 saturated heterocycles. The third-order valence-corrected chi connectivity index (χ3v) is 8.70. The number of pyridine rings is 1. The van der Waals surface area contributed by atoms with E-state index in [4.69, 9.17) is 0 Å². The Kier molecular flexibility index (Phi) is 4.16. The predicted octanol–water partition coefficient (Wildman–Crippen LogP) is 9.51. The molecule has 0 saturated carbocycles. The maximum atomic E-state index is 14.2. The summed E-state index contributed by atoms with van der Waals surface area (Å²) in [5.41, 5.74) is 3.39. The summed E-state index contributed by atoms with van der Waals surface area (Å²) in [5, 5.41) is 14.7. The molecule has 0 spiro atoms. The summed E-state index contributed by atoms with van der Waals surface area (Å²) in [6.07, 6.45) is 3.92. The minimum Gasteiger partial charge on any atom is -0.356 e. The van der Waals surface area contributed by atoms with Crippen molar-refractivity contribution < 1.29 is 0 Å². The van der Waals surface area contributed by atoms with Crippen molar-refractivity contribution in [2.75, 3.05) is 0 Å². The van der Waals surface area contributed by atoms with E-state index in [2.05, 4.69) is 109 Å². The van der Waals surface area contributed by atoms with Crippen molar-refractivity contribution in [2.24, 2.45) is 7.05 Å². The average Bonchev–Trinajstić information content (AvgIpc) is 2.99. The van der Waals surface area contributed by atoms with Gasteiger partial charge in [-0.05, 0) is 100 Å². The van der Waals surface area contributed by atoms with E-state index in [0.29, 0.717) is 0 Å². The first-order valence-electron chi connectivity index (χ1n) is 13.7. The lowest BCUT2D eigenvalue weighted by molar-refractivity contribution is 0.905. The van der Waals surface area contributed by atoms with E-state index in [0.717, 1.165) is 43.8 Å². The standard InChI is InChI=1S/C38H23NO/c1-39-20-32(30-16-26-12-8-22-4-2-5-23-9-13-27(17-30)36(26)34(22)23)38(40)33(21-39)31-18-28-14-10-24-6-3-7-25-11-15-29(19-31)37(28)35(24)25/h2-21H,1H3. The molecule has 0 aliphatic rings. The largest absolute Gasteiger partial charge is 0.356 e. The summed E-state index contributed by atoms with van der Waals surface area (Å²) >= 11 is 0. The first-order chi connectivity index (χ1) is 19.6. The van der Waals surface area contributed by atoms with Crippen LogP contribution in [-0.4, -0.2) is 4.57 Å². The second kappa shape index (κ2) is 7.68. The molecule has 0 radical (unpaired) electrons. The van der Waals surface area contributed by atoms with Crippen LogP contribution in [0, 0.1) is 0 Å². The number of aromatic nitrogens is 1. The third-order valence-electron chi connectivity index (χ3n) is 8.70. The zero-order valence-corrected chi connectivity index (χ0v) is 21.9. The van der Waals surface area contributed by atoms with Crippen LogP contribution >= 0.6 is 0 Å². The molecule has 1 heterocycles. The second-order valence-electron chi connectivity index (χ2n) is 11.1. The molecule has 8 aromatic carbocycles. The Bertz CT molecular complexity index is 2220. The topological polar surface area (TPSA) is 22.0 Å². The highest BCUT2D eigenvalue weighted by Gasteiger charge is 2.16. The highest BCUT2D eigenvalue weighted by Crippen LogP contribution is 2.39. The van der Waals surface area contributed by atoms with Crippen molar-refractivity contribution in [3.63, 3.8) is 0 Å². The van der Waals surface area contributed by atoms with Crippen molar-refractivity contribution >= 4 is 64.6 Å². The molecule has 2 heteroatoms. The lowest BCUT2D eigenvalue weighted by atomic mass is 9.90. The van der Waals surface area contributed by atoms with E-state index in [1.165, 1.54) is 43.1 Å². The van der Waals surface area contributed by atoms with Crippen LogP contribution in [0.4, 0.5) is 0 Å². The predicted molar refractivity (Wildman–Crippen MR) is 170 cm³/mol. The van der Waals surface area contributed by atoms with Gasteiger partial charge in [0, 0.05) is 30.6 Å². The van der Waals surface area contributed by atoms with E-state index in [1.807, 2.05) is 24.0 Å². The lowest BCUT2D eigenvalue weighted by Gasteiger charge is -2.15. The third kappa shape index (κ3) is 2.91. The first kappa shape index (κ1) is 21.7. The summed E-state index contributed by atoms with van der Waals surface area (Å²) in [4.78, 5) is 14.2. The molecule has 186 valence electrons. The minimum absolute atomic E-state index is 0.0544. The van der Waals surface area contributed by atoms with Crippen LogP contribution in [0.25, 0.3) is 86.9 Å². The Labute approximate surface area is 230 Å². The fraction of sp³-hybridized carbons (Fsp3) is 0.0263. The lowest BCUT2D eigenvalue weighted by Crippen LogP contribution is -2.11. The van der Waals surface area contributed by atoms with Gasteiger partial charge in [-0.3, -0.25) is 4.79 Å². The normalized spacial score (nSPS) is 12.2. The zero-order chi connectivity index (χ0) is 26.5. The minimum atomic E-state index is 0.0544. The van der Waals surface area contributed by atoms with Crippen molar-refractivity contribution in [3.05, 3.63) is 132 Å². The second-order valence-corrected chi connectivity index (χ2v) is 11.1. The van der Waals surface area contributed by atoms with Gasteiger partial charge in [-0.1, -0.05) is 84.9 Å². The Hall–Kier alpha value is -5.21. The van der Waals surface area contributed by atoms with Gasteiger partial charge in [0.25, 0.3) is 0 Å². The van der Waals surface area contributed by atoms with Crippen LogP contribution in [-0.2, 0) is 7.05 Å². The van der Waals surface area contributed by atoms with E-state index in [9.17, 15) is 4.79 Å². The molecule has 0 amide bonds. The van der Waals surface area contributed by atoms with Crippen molar-refractivity contribution in [1.29, 1.82) is 0 Å². The fourth-order valence-corrected chi connectivity index (χ4v) is 6.94. The first-order valence-corrected chi connectivity index (χ1v) is 13.7. The van der Waals surface area contributed by atoms with Crippen LogP contribution in [0.1, 0.15) is 0 Å². The van der Waals surface area contributed by atoms with Crippen molar-refractivity contribution in [1.82, 2.24) is 4.57 Å². The Morgan fingerprint density at radius 2 is 0.725 bits per heavy atom. The monoisotopic (exact) mass is 509 g/mol. The molecular formula is C38H23NO. The van der Waals surface area contributed by atoms with Gasteiger partial charge in [-0.2, -0.15) is 0 Å². The van der Waals surface area contributed by atoms with Gasteiger partial charge in [-0.25, -0.2) is 0 Å². The summed E-state index contributed by atoms with van der Waals surface area (Å²) in [6.45, 7) is 0. The van der Waals surface area contributed by atoms with E-state index in [-0.39, 0.29) is 5.43 Å². The average molecular weight is 510 g/mol. The maximum absolute atomic E-state index is 14.2. The van der Waals surface area contributed by atoms with Crippen LogP contribution in [0.15, 0.2) is 126 Å². The highest BCUT2D eigenvalue weighted by atomic mass is 16.1. The molecular weight excluding hydrogens is 486 g/mol. The quantitative estimate of drug-likeness (QED) is 0.213. The molecule has 40 heavy (non-hydrogen) atoms. The summed E-state index contributed by atoms with van der Waals surface area (Å²) in [6, 6.07) is 39.1. The number of hydrogen-bond donors (Lipinski definition) is 0. The van der Waals surface area contributed by atoms with Crippen molar-refractivity contribution in [3.8, 4) is 22.3 Å². The summed E-state index contributed by atoms with van der Waals surface area (Å²) < 4.78 is 2.01. The van der Waals surface area contributed by atoms with Gasteiger partial charge in [0.05, 0.1) is 0 Å². The molecule has 2 nitrogen and oxygen atoms in total. The van der Waals surface area contributed by atoms with E-state index >= 15 is 0 Å². The molecule has 0 aliphatic heterocycles. The van der Waals surface area contributed by atoms with E-state index < -0.39 is 0 Å². The maximum Gasteiger partial charge on any atom is 0.197 e. The molecule has 0 fully saturated rings. The van der Waals surface area contributed by atoms with Crippen LogP contribution in [0.2, 0.25) is 0 Å². The number of aryl methyl sites for hydroxylation is 1. The number of hydrogen-bond acceptors (Lipinski definition) is 1. The molecule has 9 aromatic rings. The van der Waals surface area contributed by atoms with E-state index in [1.54, 1.807) is 0 Å². The van der Waals surface area contributed by atoms with Gasteiger partial charge < -0.3 is 4.57 Å². The molecule has 0 aliphatic carbocycles. The molecule has 0 N–H and O–H groups in total. The Balaban J connectivity index is 1.29. The molecule has 0 atom stereocenters. The van der Waals surface area contributed by atoms with Crippen LogP contribution in [0.3, 0.4) is 0 Å². The Morgan fingerprint density at radius 1 is 0.425 bits per heavy atom. The van der Waals surface area contributed by atoms with Gasteiger partial charge in [0.15, 0.2) is 5.43 Å². The van der Waals surface area contributed by atoms with Gasteiger partial charge >= 0.3 is 0 Å². The zero-order valence-electron chi connectivity index (χ0n) is 21.9. The smallest absolute Gasteiger partial charge is 0.197 e. The van der Waals surface area contributed by atoms with Gasteiger partial charge in [0.2, 0.25) is 0 Å². The molecule has 0 bridgehead atoms. The summed E-state index contributed by atoms with van der Waals surface area (Å²) in [7, 11) is 2.00.